The number of aromatic nitrogens is 2. The Balaban J connectivity index is 2.11. The predicted molar refractivity (Wildman–Crippen MR) is 108 cm³/mol. The molecule has 2 amide bonds. The van der Waals surface area contributed by atoms with Crippen molar-refractivity contribution in [2.24, 2.45) is 0 Å². The van der Waals surface area contributed by atoms with E-state index < -0.39 is 18.5 Å². The molecule has 156 valence electrons. The topological polar surface area (TPSA) is 111 Å². The molecule has 0 atom stereocenters. The number of hydrogen-bond donors (Lipinski definition) is 1. The molecule has 0 unspecified atom stereocenters. The minimum absolute atomic E-state index is 0.0888. The van der Waals surface area contributed by atoms with Gasteiger partial charge in [0, 0.05) is 19.6 Å². The minimum Gasteiger partial charge on any atom is -0.452 e. The van der Waals surface area contributed by atoms with Crippen molar-refractivity contribution in [1.82, 2.24) is 19.8 Å². The van der Waals surface area contributed by atoms with Crippen molar-refractivity contribution >= 4 is 28.8 Å². The fraction of sp³-hybridized carbons (Fsp3) is 0.450. The number of nitrogens with zero attached hydrogens (tertiary/aromatic N) is 3. The molecule has 0 aliphatic carbocycles. The molecular formula is C20H26N4O5. The quantitative estimate of drug-likeness (QED) is 0.656. The van der Waals surface area contributed by atoms with Crippen molar-refractivity contribution in [3.05, 3.63) is 39.8 Å². The average Bonchev–Trinajstić information content (AvgIpc) is 2.70. The Morgan fingerprint density at radius 2 is 1.93 bits per heavy atom. The van der Waals surface area contributed by atoms with Gasteiger partial charge >= 0.3 is 5.97 Å². The Bertz CT molecular complexity index is 983. The largest absolute Gasteiger partial charge is 0.452 e. The van der Waals surface area contributed by atoms with Crippen molar-refractivity contribution in [2.45, 2.75) is 34.2 Å². The van der Waals surface area contributed by atoms with Crippen LogP contribution in [0.3, 0.4) is 0 Å². The van der Waals surface area contributed by atoms with Gasteiger partial charge in [0.1, 0.15) is 5.69 Å². The second-order valence-corrected chi connectivity index (χ2v) is 6.39. The molecule has 1 aromatic carbocycles. The van der Waals surface area contributed by atoms with E-state index in [0.29, 0.717) is 36.4 Å². The summed E-state index contributed by atoms with van der Waals surface area (Å²) in [6, 6.07) is 4.70. The molecular weight excluding hydrogens is 376 g/mol. The van der Waals surface area contributed by atoms with E-state index in [4.69, 9.17) is 4.74 Å². The molecule has 29 heavy (non-hydrogen) atoms. The molecule has 0 spiro atoms. The molecule has 1 heterocycles. The van der Waals surface area contributed by atoms with Gasteiger partial charge in [-0.25, -0.2) is 9.78 Å². The lowest BCUT2D eigenvalue weighted by Crippen LogP contribution is -2.42. The van der Waals surface area contributed by atoms with Gasteiger partial charge in [0.15, 0.2) is 6.61 Å². The van der Waals surface area contributed by atoms with Crippen LogP contribution in [-0.4, -0.2) is 58.5 Å². The van der Waals surface area contributed by atoms with Gasteiger partial charge in [-0.1, -0.05) is 0 Å². The second-order valence-electron chi connectivity index (χ2n) is 6.39. The lowest BCUT2D eigenvalue weighted by atomic mass is 10.2. The molecule has 0 saturated carbocycles. The van der Waals surface area contributed by atoms with Crippen LogP contribution >= 0.6 is 0 Å². The van der Waals surface area contributed by atoms with Crippen LogP contribution in [0.15, 0.2) is 23.0 Å². The second kappa shape index (κ2) is 9.81. The zero-order valence-corrected chi connectivity index (χ0v) is 17.2. The fourth-order valence-corrected chi connectivity index (χ4v) is 2.92. The summed E-state index contributed by atoms with van der Waals surface area (Å²) in [5.74, 6) is -1.41. The number of hydrogen-bond acceptors (Lipinski definition) is 6. The highest BCUT2D eigenvalue weighted by Crippen LogP contribution is 2.14. The van der Waals surface area contributed by atoms with Gasteiger partial charge in [0.25, 0.3) is 11.5 Å². The molecule has 0 radical (unpaired) electrons. The van der Waals surface area contributed by atoms with E-state index in [9.17, 15) is 19.2 Å². The highest BCUT2D eigenvalue weighted by atomic mass is 16.5. The lowest BCUT2D eigenvalue weighted by molar-refractivity contribution is -0.138. The number of ether oxygens (including phenoxy) is 1. The Morgan fingerprint density at radius 1 is 1.21 bits per heavy atom. The van der Waals surface area contributed by atoms with Gasteiger partial charge in [-0.3, -0.25) is 14.4 Å². The third-order valence-electron chi connectivity index (χ3n) is 4.43. The third kappa shape index (κ3) is 5.18. The van der Waals surface area contributed by atoms with E-state index in [-0.39, 0.29) is 23.6 Å². The molecule has 9 nitrogen and oxygen atoms in total. The number of carbonyl (C=O) groups excluding carboxylic acids is 3. The number of benzene rings is 1. The van der Waals surface area contributed by atoms with Crippen LogP contribution in [0.2, 0.25) is 0 Å². The zero-order chi connectivity index (χ0) is 21.6. The van der Waals surface area contributed by atoms with Gasteiger partial charge in [-0.2, -0.15) is 0 Å². The zero-order valence-electron chi connectivity index (χ0n) is 17.2. The summed E-state index contributed by atoms with van der Waals surface area (Å²) in [7, 11) is 0. The summed E-state index contributed by atoms with van der Waals surface area (Å²) in [5.41, 5.74) is 1.51. The van der Waals surface area contributed by atoms with Crippen LogP contribution in [0.5, 0.6) is 0 Å². The summed E-state index contributed by atoms with van der Waals surface area (Å²) in [6.45, 7) is 7.72. The molecule has 0 bridgehead atoms. The summed E-state index contributed by atoms with van der Waals surface area (Å²) in [5, 5.41) is 2.62. The number of carbonyl (C=O) groups is 3. The Morgan fingerprint density at radius 3 is 2.55 bits per heavy atom. The Kier molecular flexibility index (Phi) is 7.46. The molecule has 2 aromatic rings. The predicted octanol–water partition coefficient (Wildman–Crippen LogP) is 0.866. The fourth-order valence-electron chi connectivity index (χ4n) is 2.92. The van der Waals surface area contributed by atoms with Crippen molar-refractivity contribution in [1.29, 1.82) is 0 Å². The smallest absolute Gasteiger partial charge is 0.338 e. The average molecular weight is 402 g/mol. The van der Waals surface area contributed by atoms with Gasteiger partial charge in [0.05, 0.1) is 23.1 Å². The van der Waals surface area contributed by atoms with Gasteiger partial charge in [0.2, 0.25) is 5.91 Å². The van der Waals surface area contributed by atoms with E-state index in [2.05, 4.69) is 10.3 Å². The van der Waals surface area contributed by atoms with Gasteiger partial charge in [-0.05, 0) is 45.9 Å². The first-order chi connectivity index (χ1) is 13.8. The van der Waals surface area contributed by atoms with Crippen LogP contribution in [0.25, 0.3) is 11.0 Å². The van der Waals surface area contributed by atoms with Gasteiger partial charge in [-0.15, -0.1) is 0 Å². The maximum absolute atomic E-state index is 12.4. The molecule has 1 aromatic heterocycles. The summed E-state index contributed by atoms with van der Waals surface area (Å²) < 4.78 is 6.70. The van der Waals surface area contributed by atoms with Crippen LogP contribution in [0.4, 0.5) is 0 Å². The van der Waals surface area contributed by atoms with Crippen LogP contribution in [-0.2, 0) is 20.9 Å². The molecule has 0 aliphatic heterocycles. The summed E-state index contributed by atoms with van der Waals surface area (Å²) >= 11 is 0. The number of esters is 1. The van der Waals surface area contributed by atoms with Crippen molar-refractivity contribution in [3.8, 4) is 0 Å². The normalized spacial score (nSPS) is 10.6. The molecule has 9 heteroatoms. The van der Waals surface area contributed by atoms with Crippen molar-refractivity contribution in [3.63, 3.8) is 0 Å². The SMILES string of the molecule is CCNC(=O)CN(CC)C(=O)COC(=O)c1ccc2c(c1)nc(C)c(=O)n2CC. The number of rotatable bonds is 8. The van der Waals surface area contributed by atoms with E-state index in [1.165, 1.54) is 17.0 Å². The Hall–Kier alpha value is -3.23. The van der Waals surface area contributed by atoms with Gasteiger partial charge < -0.3 is 19.5 Å². The van der Waals surface area contributed by atoms with E-state index >= 15 is 0 Å². The first-order valence-corrected chi connectivity index (χ1v) is 9.55. The number of aryl methyl sites for hydroxylation is 2. The summed E-state index contributed by atoms with van der Waals surface area (Å²) in [4.78, 5) is 54.0. The van der Waals surface area contributed by atoms with Crippen molar-refractivity contribution in [2.75, 3.05) is 26.2 Å². The maximum atomic E-state index is 12.4. The highest BCUT2D eigenvalue weighted by molar-refractivity contribution is 5.95. The number of likely N-dealkylation sites (N-methyl/N-ethyl adjacent to an activating group) is 2. The molecule has 2 rings (SSSR count). The third-order valence-corrected chi connectivity index (χ3v) is 4.43. The maximum Gasteiger partial charge on any atom is 0.338 e. The minimum atomic E-state index is -0.678. The monoisotopic (exact) mass is 402 g/mol. The lowest BCUT2D eigenvalue weighted by Gasteiger charge is -2.20. The van der Waals surface area contributed by atoms with E-state index in [0.717, 1.165) is 0 Å². The number of amides is 2. The number of nitrogens with one attached hydrogen (secondary N) is 1. The first kappa shape index (κ1) is 22.1. The molecule has 0 fully saturated rings. The van der Waals surface area contributed by atoms with E-state index in [1.807, 2.05) is 6.92 Å². The Labute approximate surface area is 168 Å². The molecule has 0 saturated heterocycles. The van der Waals surface area contributed by atoms with Crippen LogP contribution < -0.4 is 10.9 Å². The van der Waals surface area contributed by atoms with E-state index in [1.54, 1.807) is 31.4 Å². The van der Waals surface area contributed by atoms with Crippen molar-refractivity contribution < 1.29 is 19.1 Å². The van der Waals surface area contributed by atoms with Crippen LogP contribution in [0, 0.1) is 6.92 Å². The summed E-state index contributed by atoms with van der Waals surface area (Å²) in [6.07, 6.45) is 0. The standard InChI is InChI=1S/C20H26N4O5/c1-5-21-17(25)11-23(6-2)18(26)12-29-20(28)14-8-9-16-15(10-14)22-13(4)19(27)24(16)7-3/h8-10H,5-7,11-12H2,1-4H3,(H,21,25). The number of fused-ring (bicyclic) bond motifs is 1. The van der Waals surface area contributed by atoms with Crippen LogP contribution in [0.1, 0.15) is 36.8 Å². The molecule has 0 aliphatic rings. The molecule has 1 N–H and O–H groups in total. The first-order valence-electron chi connectivity index (χ1n) is 9.55. The highest BCUT2D eigenvalue weighted by Gasteiger charge is 2.18.